The van der Waals surface area contributed by atoms with Crippen LogP contribution < -0.4 is 5.32 Å². The SMILES string of the molecule is CCCCNC[N+](=C=NC1CCCCC1)C1CCCCC1. The molecule has 2 saturated carbocycles. The number of rotatable bonds is 7. The summed E-state index contributed by atoms with van der Waals surface area (Å²) >= 11 is 0. The van der Waals surface area contributed by atoms with Crippen molar-refractivity contribution in [2.24, 2.45) is 4.99 Å². The van der Waals surface area contributed by atoms with Gasteiger partial charge in [-0.3, -0.25) is 5.32 Å². The van der Waals surface area contributed by atoms with E-state index in [1.807, 2.05) is 0 Å². The monoisotopic (exact) mass is 292 g/mol. The van der Waals surface area contributed by atoms with Crippen molar-refractivity contribution >= 4 is 6.01 Å². The van der Waals surface area contributed by atoms with Gasteiger partial charge in [-0.05, 0) is 69.3 Å². The van der Waals surface area contributed by atoms with Crippen molar-refractivity contribution in [3.8, 4) is 0 Å². The molecule has 0 aromatic carbocycles. The molecule has 0 aromatic heterocycles. The van der Waals surface area contributed by atoms with Gasteiger partial charge in [-0.1, -0.05) is 26.2 Å². The molecule has 2 aliphatic carbocycles. The Balaban J connectivity index is 1.93. The highest BCUT2D eigenvalue weighted by Gasteiger charge is 2.21. The number of hydrogen-bond donors (Lipinski definition) is 1. The topological polar surface area (TPSA) is 27.4 Å². The summed E-state index contributed by atoms with van der Waals surface area (Å²) in [6.45, 7) is 4.29. The van der Waals surface area contributed by atoms with Crippen LogP contribution in [0.25, 0.3) is 0 Å². The third kappa shape index (κ3) is 6.32. The first kappa shape index (κ1) is 16.7. The minimum absolute atomic E-state index is 0.542. The van der Waals surface area contributed by atoms with E-state index in [1.165, 1.54) is 77.0 Å². The van der Waals surface area contributed by atoms with Crippen molar-refractivity contribution in [1.29, 1.82) is 0 Å². The second-order valence-corrected chi connectivity index (χ2v) is 6.79. The molecule has 120 valence electrons. The van der Waals surface area contributed by atoms with E-state index >= 15 is 0 Å². The van der Waals surface area contributed by atoms with E-state index in [1.54, 1.807) is 0 Å². The van der Waals surface area contributed by atoms with E-state index in [0.29, 0.717) is 12.1 Å². The molecule has 0 heterocycles. The summed E-state index contributed by atoms with van der Waals surface area (Å²) in [5.41, 5.74) is 0. The van der Waals surface area contributed by atoms with Gasteiger partial charge in [0.05, 0.1) is 0 Å². The van der Waals surface area contributed by atoms with Gasteiger partial charge in [-0.25, -0.2) is 4.58 Å². The van der Waals surface area contributed by atoms with Crippen LogP contribution in [0.2, 0.25) is 0 Å². The predicted octanol–water partition coefficient (Wildman–Crippen LogP) is 4.19. The summed E-state index contributed by atoms with van der Waals surface area (Å²) in [5, 5.41) is 3.57. The standard InChI is InChI=1S/C18H34N3/c1-2-3-14-19-15-21(18-12-8-5-9-13-18)16-20-17-10-6-4-7-11-17/h17-19H,2-15H2,1H3/q+1. The lowest BCUT2D eigenvalue weighted by molar-refractivity contribution is -0.568. The van der Waals surface area contributed by atoms with E-state index in [-0.39, 0.29) is 0 Å². The van der Waals surface area contributed by atoms with E-state index < -0.39 is 0 Å². The van der Waals surface area contributed by atoms with Crippen molar-refractivity contribution in [2.45, 2.75) is 96.1 Å². The van der Waals surface area contributed by atoms with Crippen LogP contribution in [-0.2, 0) is 0 Å². The summed E-state index contributed by atoms with van der Waals surface area (Å²) < 4.78 is 2.38. The molecule has 21 heavy (non-hydrogen) atoms. The van der Waals surface area contributed by atoms with Crippen molar-refractivity contribution in [2.75, 3.05) is 13.2 Å². The van der Waals surface area contributed by atoms with Gasteiger partial charge >= 0.3 is 6.01 Å². The molecule has 0 bridgehead atoms. The quantitative estimate of drug-likeness (QED) is 0.324. The first-order chi connectivity index (χ1) is 10.4. The Morgan fingerprint density at radius 2 is 1.67 bits per heavy atom. The Bertz CT molecular complexity index is 332. The molecule has 0 aliphatic heterocycles. The van der Waals surface area contributed by atoms with Gasteiger partial charge < -0.3 is 0 Å². The highest BCUT2D eigenvalue weighted by Crippen LogP contribution is 2.21. The number of hydrogen-bond acceptors (Lipinski definition) is 2. The Labute approximate surface area is 130 Å². The number of aliphatic imine (C=N–C) groups is 1. The first-order valence-corrected chi connectivity index (χ1v) is 9.33. The van der Waals surface area contributed by atoms with Crippen LogP contribution in [0.15, 0.2) is 4.99 Å². The molecule has 0 unspecified atom stereocenters. The van der Waals surface area contributed by atoms with Crippen LogP contribution in [0.1, 0.15) is 84.0 Å². The van der Waals surface area contributed by atoms with Gasteiger partial charge in [-0.15, -0.1) is 0 Å². The lowest BCUT2D eigenvalue weighted by Gasteiger charge is -2.21. The molecule has 0 saturated heterocycles. The van der Waals surface area contributed by atoms with Crippen molar-refractivity contribution in [1.82, 2.24) is 5.32 Å². The summed E-state index contributed by atoms with van der Waals surface area (Å²) in [5.74, 6) is 0. The van der Waals surface area contributed by atoms with Gasteiger partial charge in [0.2, 0.25) is 0 Å². The lowest BCUT2D eigenvalue weighted by atomic mass is 9.95. The van der Waals surface area contributed by atoms with E-state index in [2.05, 4.69) is 22.8 Å². The Morgan fingerprint density at radius 1 is 1.00 bits per heavy atom. The smallest absolute Gasteiger partial charge is 0.281 e. The summed E-state index contributed by atoms with van der Waals surface area (Å²) in [7, 11) is 0. The Kier molecular flexibility index (Phi) is 8.06. The molecule has 0 radical (unpaired) electrons. The highest BCUT2D eigenvalue weighted by molar-refractivity contribution is 5.35. The van der Waals surface area contributed by atoms with Gasteiger partial charge in [0.15, 0.2) is 6.04 Å². The van der Waals surface area contributed by atoms with Crippen LogP contribution in [0.3, 0.4) is 0 Å². The molecule has 0 aromatic rings. The second-order valence-electron chi connectivity index (χ2n) is 6.79. The van der Waals surface area contributed by atoms with Crippen LogP contribution in [-0.4, -0.2) is 35.9 Å². The van der Waals surface area contributed by atoms with Gasteiger partial charge in [0.1, 0.15) is 12.7 Å². The minimum Gasteiger partial charge on any atom is -0.281 e. The largest absolute Gasteiger partial charge is 0.308 e. The Hall–Kier alpha value is -0.660. The maximum absolute atomic E-state index is 4.79. The van der Waals surface area contributed by atoms with Gasteiger partial charge in [0.25, 0.3) is 0 Å². The van der Waals surface area contributed by atoms with Crippen molar-refractivity contribution < 1.29 is 4.58 Å². The summed E-state index contributed by atoms with van der Waals surface area (Å²) in [4.78, 5) is 4.79. The average molecular weight is 292 g/mol. The fourth-order valence-corrected chi connectivity index (χ4v) is 3.51. The summed E-state index contributed by atoms with van der Waals surface area (Å²) in [6, 6.07) is 4.64. The zero-order valence-corrected chi connectivity index (χ0v) is 13.9. The zero-order valence-electron chi connectivity index (χ0n) is 13.9. The predicted molar refractivity (Wildman–Crippen MR) is 89.2 cm³/mol. The third-order valence-corrected chi connectivity index (χ3v) is 4.95. The molecule has 2 rings (SSSR count). The first-order valence-electron chi connectivity index (χ1n) is 9.33. The third-order valence-electron chi connectivity index (χ3n) is 4.95. The molecule has 0 spiro atoms. The fraction of sp³-hybridized carbons (Fsp3) is 0.944. The number of nitrogens with zero attached hydrogens (tertiary/aromatic N) is 2. The second kappa shape index (κ2) is 10.1. The Morgan fingerprint density at radius 3 is 2.33 bits per heavy atom. The number of nitrogens with one attached hydrogen (secondary N) is 1. The van der Waals surface area contributed by atoms with Crippen molar-refractivity contribution in [3.63, 3.8) is 0 Å². The molecule has 1 N–H and O–H groups in total. The van der Waals surface area contributed by atoms with Crippen LogP contribution in [0.4, 0.5) is 0 Å². The summed E-state index contributed by atoms with van der Waals surface area (Å²) in [6.07, 6.45) is 16.0. The molecular weight excluding hydrogens is 258 g/mol. The fourth-order valence-electron chi connectivity index (χ4n) is 3.51. The lowest BCUT2D eigenvalue weighted by Crippen LogP contribution is -2.36. The molecule has 2 aliphatic rings. The normalized spacial score (nSPS) is 21.0. The van der Waals surface area contributed by atoms with E-state index in [4.69, 9.17) is 4.99 Å². The van der Waals surface area contributed by atoms with E-state index in [0.717, 1.165) is 13.2 Å². The molecule has 3 nitrogen and oxygen atoms in total. The number of unbranched alkanes of at least 4 members (excludes halogenated alkanes) is 1. The average Bonchev–Trinajstić information content (AvgIpc) is 2.56. The van der Waals surface area contributed by atoms with Gasteiger partial charge in [-0.2, -0.15) is 0 Å². The highest BCUT2D eigenvalue weighted by atomic mass is 15.2. The van der Waals surface area contributed by atoms with E-state index in [9.17, 15) is 0 Å². The molecule has 0 amide bonds. The molecule has 2 fully saturated rings. The van der Waals surface area contributed by atoms with Crippen molar-refractivity contribution in [3.05, 3.63) is 0 Å². The van der Waals surface area contributed by atoms with Crippen LogP contribution in [0, 0.1) is 0 Å². The molecule has 3 heteroatoms. The molecular formula is C18H34N3+. The zero-order chi connectivity index (χ0) is 14.8. The molecule has 0 atom stereocenters. The maximum atomic E-state index is 4.79. The van der Waals surface area contributed by atoms with Crippen LogP contribution >= 0.6 is 0 Å². The minimum atomic E-state index is 0.542. The van der Waals surface area contributed by atoms with Gasteiger partial charge in [0, 0.05) is 0 Å². The maximum Gasteiger partial charge on any atom is 0.308 e. The van der Waals surface area contributed by atoms with Crippen LogP contribution in [0.5, 0.6) is 0 Å².